The van der Waals surface area contributed by atoms with Gasteiger partial charge in [-0.05, 0) is 0 Å². The first kappa shape index (κ1) is 22.5. The molecular weight excluding hydrogens is 528 g/mol. The fraction of sp³-hybridized carbons (Fsp3) is 0. The van der Waals surface area contributed by atoms with Crippen molar-refractivity contribution in [3.05, 3.63) is 0 Å². The summed E-state index contributed by atoms with van der Waals surface area (Å²) >= 11 is 4.04. The molecule has 0 rings (SSSR count). The van der Waals surface area contributed by atoms with E-state index in [1.54, 1.807) is 0 Å². The van der Waals surface area contributed by atoms with Crippen LogP contribution in [0.1, 0.15) is 0 Å². The third-order valence-corrected chi connectivity index (χ3v) is 0. The molecule has 43 valence electrons. The van der Waals surface area contributed by atoms with Crippen LogP contribution in [0.4, 0.5) is 0 Å². The Balaban J connectivity index is -0.00000000667. The van der Waals surface area contributed by atoms with Gasteiger partial charge in [-0.2, -0.15) is 0 Å². The molecule has 0 spiro atoms. The molecule has 0 aliphatic carbocycles. The minimum absolute atomic E-state index is 0. The Morgan fingerprint density at radius 2 is 1.50 bits per heavy atom. The number of hydrogen-bond donors (Lipinski definition) is 0. The quantitative estimate of drug-likeness (QED) is 0.275. The molecule has 1 radical (unpaired) electrons. The predicted octanol–water partition coefficient (Wildman–Crippen LogP) is -4.32. The molecule has 0 bridgehead atoms. The van der Waals surface area contributed by atoms with Crippen LogP contribution < -0.4 is 0 Å². The zero-order chi connectivity index (χ0) is 2.71. The minimum atomic E-state index is 0. The maximum atomic E-state index is 2.59. The third kappa shape index (κ3) is 24.8. The first-order valence-corrected chi connectivity index (χ1v) is 13.1. The summed E-state index contributed by atoms with van der Waals surface area (Å²) in [4.78, 5) is 0. The SMILES string of the molecule is [Cu].[GaH3].[InH3].[SeH][Se][SbH2]. The second-order valence-corrected chi connectivity index (χ2v) is 19.1. The van der Waals surface area contributed by atoms with Crippen molar-refractivity contribution in [1.29, 1.82) is 0 Å². The van der Waals surface area contributed by atoms with Crippen molar-refractivity contribution in [1.82, 2.24) is 0 Å². The number of hydrogen-bond acceptors (Lipinski definition) is 0. The zero-order valence-electron chi connectivity index (χ0n) is 1.73. The summed E-state index contributed by atoms with van der Waals surface area (Å²) in [6, 6.07) is 0. The van der Waals surface area contributed by atoms with Crippen molar-refractivity contribution in [2.24, 2.45) is 0 Å². The van der Waals surface area contributed by atoms with Gasteiger partial charge in [0.2, 0.25) is 0 Å². The molecule has 0 aromatic heterocycles. The Labute approximate surface area is 105 Å². The second kappa shape index (κ2) is 23.2. The van der Waals surface area contributed by atoms with Crippen LogP contribution in [0.15, 0.2) is 0 Å². The molecule has 0 heterocycles. The summed E-state index contributed by atoms with van der Waals surface area (Å²) < 4.78 is 0. The Kier molecular flexibility index (Phi) is 86.9. The molecule has 0 aromatic carbocycles. The van der Waals surface area contributed by atoms with Gasteiger partial charge in [-0.15, -0.1) is 0 Å². The van der Waals surface area contributed by atoms with Gasteiger partial charge in [-0.1, -0.05) is 0 Å². The fourth-order valence-corrected chi connectivity index (χ4v) is 0. The summed E-state index contributed by atoms with van der Waals surface area (Å²) in [5.74, 6) is 0. The Morgan fingerprint density at radius 1 is 1.50 bits per heavy atom. The third-order valence-electron chi connectivity index (χ3n) is 0. The molecule has 0 unspecified atom stereocenters. The molecule has 0 nitrogen and oxygen atoms in total. The van der Waals surface area contributed by atoms with Crippen LogP contribution in [0.25, 0.3) is 0 Å². The van der Waals surface area contributed by atoms with Crippen LogP contribution >= 0.6 is 0 Å². The Bertz CT molecular complexity index is 13.5. The average Bonchev–Trinajstić information content (AvgIpc) is 0.918. The van der Waals surface area contributed by atoms with E-state index in [0.29, 0.717) is 0 Å². The van der Waals surface area contributed by atoms with Crippen molar-refractivity contribution < 1.29 is 17.1 Å². The van der Waals surface area contributed by atoms with Gasteiger partial charge in [-0.25, -0.2) is 0 Å². The van der Waals surface area contributed by atoms with Crippen LogP contribution in [0.3, 0.4) is 0 Å². The fourth-order valence-electron chi connectivity index (χ4n) is 0. The molecule has 0 fully saturated rings. The summed E-state index contributed by atoms with van der Waals surface area (Å²) in [5, 5.41) is 0. The van der Waals surface area contributed by atoms with Crippen LogP contribution in [-0.4, -0.2) is 90.4 Å². The second-order valence-electron chi connectivity index (χ2n) is 0.105. The van der Waals surface area contributed by atoms with Crippen molar-refractivity contribution in [3.63, 3.8) is 0 Å². The zero-order valence-corrected chi connectivity index (χ0v) is 9.56. The molecule has 0 amide bonds. The van der Waals surface area contributed by atoms with Crippen LogP contribution in [0.2, 0.25) is 0 Å². The monoisotopic (exact) mass is 537 g/mol. The molecular formula is H9CuGaInSbSe2. The summed E-state index contributed by atoms with van der Waals surface area (Å²) in [6.45, 7) is 0. The van der Waals surface area contributed by atoms with Gasteiger partial charge in [0, 0.05) is 17.1 Å². The van der Waals surface area contributed by atoms with E-state index in [2.05, 4.69) is 14.2 Å². The Morgan fingerprint density at radius 3 is 1.50 bits per heavy atom. The van der Waals surface area contributed by atoms with Crippen molar-refractivity contribution >= 4 is 90.4 Å². The van der Waals surface area contributed by atoms with Gasteiger partial charge < -0.3 is 0 Å². The molecule has 0 saturated carbocycles. The molecule has 0 atom stereocenters. The first-order chi connectivity index (χ1) is 1.41. The summed E-state index contributed by atoms with van der Waals surface area (Å²) in [7, 11) is 0.942. The Hall–Kier alpha value is 3.88. The molecule has 0 saturated heterocycles. The van der Waals surface area contributed by atoms with Crippen LogP contribution in [0, 0.1) is 0 Å². The molecule has 0 aliphatic heterocycles. The van der Waals surface area contributed by atoms with Gasteiger partial charge in [0.15, 0.2) is 0 Å². The summed E-state index contributed by atoms with van der Waals surface area (Å²) in [5.41, 5.74) is 0. The average molecular weight is 537 g/mol. The molecule has 0 aliphatic rings. The molecule has 0 aromatic rings. The number of rotatable bonds is 0. The van der Waals surface area contributed by atoms with Crippen LogP contribution in [-0.2, 0) is 17.1 Å². The van der Waals surface area contributed by atoms with E-state index in [-0.39, 0.29) is 62.7 Å². The van der Waals surface area contributed by atoms with Crippen LogP contribution in [0.5, 0.6) is 0 Å². The van der Waals surface area contributed by atoms with E-state index < -0.39 is 0 Å². The topological polar surface area (TPSA) is 0 Å². The van der Waals surface area contributed by atoms with Crippen molar-refractivity contribution in [3.8, 4) is 0 Å². The van der Waals surface area contributed by atoms with E-state index in [1.807, 2.05) is 0 Å². The van der Waals surface area contributed by atoms with E-state index in [4.69, 9.17) is 0 Å². The van der Waals surface area contributed by atoms with Gasteiger partial charge >= 0.3 is 90.4 Å². The molecule has 6 heavy (non-hydrogen) atoms. The van der Waals surface area contributed by atoms with E-state index >= 15 is 0 Å². The normalized spacial score (nSPS) is 3.00. The van der Waals surface area contributed by atoms with E-state index in [1.165, 1.54) is 20.7 Å². The van der Waals surface area contributed by atoms with E-state index in [9.17, 15) is 0 Å². The van der Waals surface area contributed by atoms with E-state index in [0.717, 1.165) is 9.79 Å². The van der Waals surface area contributed by atoms with Gasteiger partial charge in [0.1, 0.15) is 0 Å². The maximum absolute atomic E-state index is 2.59. The first-order valence-electron chi connectivity index (χ1n) is 0.418. The van der Waals surface area contributed by atoms with Gasteiger partial charge in [0.05, 0.1) is 0 Å². The standard InChI is InChI=1S/Cu.Ga.In.Sb.H2Se2.8H/c;;;;1-2;;;;;;;;/h;;;;1-2H;;;;;;;;/q;;;+1;;;;;;;;;/p-1. The van der Waals surface area contributed by atoms with Crippen molar-refractivity contribution in [2.45, 2.75) is 0 Å². The van der Waals surface area contributed by atoms with Crippen molar-refractivity contribution in [2.75, 3.05) is 0 Å². The summed E-state index contributed by atoms with van der Waals surface area (Å²) in [6.07, 6.45) is 0. The van der Waals surface area contributed by atoms with Gasteiger partial charge in [-0.3, -0.25) is 0 Å². The van der Waals surface area contributed by atoms with Gasteiger partial charge in [0.25, 0.3) is 0 Å². The molecule has 6 heteroatoms. The molecule has 0 N–H and O–H groups in total. The predicted molar refractivity (Wildman–Crippen MR) is 41.3 cm³/mol.